The lowest BCUT2D eigenvalue weighted by molar-refractivity contribution is -0.303. The molecule has 0 aromatic heterocycles. The number of fused-ring (bicyclic) bond motifs is 3. The van der Waals surface area contributed by atoms with E-state index in [2.05, 4.69) is 68.7 Å². The second-order valence-corrected chi connectivity index (χ2v) is 23.3. The molecule has 1 aromatic rings. The van der Waals surface area contributed by atoms with Gasteiger partial charge in [-0.15, -0.1) is 0 Å². The van der Waals surface area contributed by atoms with Gasteiger partial charge in [-0.25, -0.2) is 4.79 Å². The van der Waals surface area contributed by atoms with Gasteiger partial charge in [-0.1, -0.05) is 64.0 Å². The molecule has 8 nitrogen and oxygen atoms in total. The molecule has 3 saturated carbocycles. The average Bonchev–Trinajstić information content (AvgIpc) is 3.68. The van der Waals surface area contributed by atoms with Gasteiger partial charge in [-0.2, -0.15) is 0 Å². The highest BCUT2D eigenvalue weighted by atomic mass is 16.6. The fourth-order valence-electron chi connectivity index (χ4n) is 17.8. The van der Waals surface area contributed by atoms with Gasteiger partial charge in [-0.3, -0.25) is 19.4 Å². The van der Waals surface area contributed by atoms with Gasteiger partial charge >= 0.3 is 11.9 Å². The first kappa shape index (κ1) is 38.8. The Morgan fingerprint density at radius 1 is 1.00 bits per heavy atom. The molecule has 6 saturated heterocycles. The van der Waals surface area contributed by atoms with E-state index in [1.165, 1.54) is 42.4 Å². The molecular formula is C52H69N3O5. The summed E-state index contributed by atoms with van der Waals surface area (Å²) in [7, 11) is 0. The van der Waals surface area contributed by atoms with E-state index in [4.69, 9.17) is 15.2 Å². The second-order valence-electron chi connectivity index (χ2n) is 23.3. The number of benzene rings is 1. The molecule has 0 amide bonds. The molecule has 15 rings (SSSR count). The first-order chi connectivity index (χ1) is 28.9. The zero-order chi connectivity index (χ0) is 41.2. The Hall–Kier alpha value is -2.81. The molecule has 9 fully saturated rings. The number of esters is 2. The van der Waals surface area contributed by atoms with Crippen molar-refractivity contribution in [1.29, 1.82) is 0 Å². The number of hydrogen-bond donors (Lipinski definition) is 1. The van der Waals surface area contributed by atoms with E-state index in [-0.39, 0.29) is 35.1 Å². The molecule has 0 radical (unpaired) electrons. The minimum atomic E-state index is -1.14. The van der Waals surface area contributed by atoms with Crippen LogP contribution in [0.1, 0.15) is 140 Å². The zero-order valence-corrected chi connectivity index (χ0v) is 37.0. The van der Waals surface area contributed by atoms with Gasteiger partial charge < -0.3 is 15.2 Å². The fraction of sp³-hybridized carbons (Fsp3) is 0.750. The summed E-state index contributed by atoms with van der Waals surface area (Å²) in [6, 6.07) is 7.41. The van der Waals surface area contributed by atoms with Crippen molar-refractivity contribution in [1.82, 2.24) is 9.80 Å². The first-order valence-electron chi connectivity index (χ1n) is 24.6. The standard InChI is InChI=1S/C52H69N3O5/c1-28(2)13-16-49(5)17-14-33-23-37-29(3)20-34-11-12-39-35-22-31-25-54(27-35)30(4)21-40(56)46-50-18-15-36(43(37)45(34)55(39)26-31)44(33)51(50,48(58)59-46)41(24-49)52(50)38-10-6-8-32(9-7-19-53)42(38)47(57)60-52/h6,8,10,23,28-31,34-35,37,39,41,43,45-46H,7,9,11-22,24-27,53H2,1-5H3/t29-,30+,31+,34+,35+,37-,39+,41-,43+,45?,46-,49-,50+,51-,52+/m1/s1. The highest BCUT2D eigenvalue weighted by Crippen LogP contribution is 2.87. The van der Waals surface area contributed by atoms with Crippen molar-refractivity contribution >= 4 is 17.7 Å². The smallest absolute Gasteiger partial charge is 0.339 e. The molecule has 17 atom stereocenters. The van der Waals surface area contributed by atoms with Crippen LogP contribution in [0.4, 0.5) is 0 Å². The summed E-state index contributed by atoms with van der Waals surface area (Å²) in [6.07, 6.45) is 15.1. The Kier molecular flexibility index (Phi) is 8.50. The van der Waals surface area contributed by atoms with Gasteiger partial charge in [0.15, 0.2) is 17.5 Å². The maximum absolute atomic E-state index is 16.0. The molecule has 14 aliphatic rings. The van der Waals surface area contributed by atoms with Crippen molar-refractivity contribution in [3.63, 3.8) is 0 Å². The van der Waals surface area contributed by atoms with Crippen LogP contribution in [0.15, 0.2) is 41.0 Å². The van der Waals surface area contributed by atoms with Crippen LogP contribution in [0.5, 0.6) is 0 Å². The lowest BCUT2D eigenvalue weighted by atomic mass is 9.26. The van der Waals surface area contributed by atoms with Crippen molar-refractivity contribution < 1.29 is 23.9 Å². The Labute approximate surface area is 357 Å². The SMILES string of the molecule is CC(C)CC[C@]1(C)CCC2=C[C@@H]3[C@H](C)C[C@@H]4CC[C@H]5[C@H]6C[C@H]7CN(C6)[C@@H](C)CC(=O)[C@H]6OC(=O)[C@@]89C2=C(CC[C@]68[C@@]2(OC(=O)c6c(CCCN)cccc62)[C@@H]9C1)[C@@H]3C4N5C7. The summed E-state index contributed by atoms with van der Waals surface area (Å²) in [6.45, 7) is 15.7. The van der Waals surface area contributed by atoms with Crippen LogP contribution in [0, 0.1) is 63.6 Å². The molecule has 12 bridgehead atoms. The van der Waals surface area contributed by atoms with Gasteiger partial charge in [-0.05, 0) is 148 Å². The number of nitrogens with zero attached hydrogens (tertiary/aromatic N) is 2. The highest BCUT2D eigenvalue weighted by molar-refractivity contribution is 6.03. The molecule has 1 aromatic carbocycles. The number of rotatable bonds is 6. The van der Waals surface area contributed by atoms with E-state index in [0.29, 0.717) is 84.9 Å². The summed E-state index contributed by atoms with van der Waals surface area (Å²) in [5.74, 6) is 3.04. The quantitative estimate of drug-likeness (QED) is 0.287. The number of ether oxygens (including phenoxy) is 2. The summed E-state index contributed by atoms with van der Waals surface area (Å²) < 4.78 is 14.2. The first-order valence-corrected chi connectivity index (χ1v) is 24.6. The minimum Gasteiger partial charge on any atom is -0.453 e. The Balaban J connectivity index is 1.14. The molecule has 3 unspecified atom stereocenters. The topological polar surface area (TPSA) is 102 Å². The van der Waals surface area contributed by atoms with Crippen molar-refractivity contribution in [2.45, 2.75) is 154 Å². The number of Topliss-reactive ketones (excluding diaryl/α,β-unsaturated/α-hetero) is 1. The van der Waals surface area contributed by atoms with Crippen LogP contribution in [0.25, 0.3) is 0 Å². The molecule has 9 aliphatic heterocycles. The number of aryl methyl sites for hydroxylation is 1. The Morgan fingerprint density at radius 3 is 2.67 bits per heavy atom. The van der Waals surface area contributed by atoms with Gasteiger partial charge in [0, 0.05) is 61.6 Å². The normalized spacial score (nSPS) is 49.0. The number of ketones is 1. The maximum Gasteiger partial charge on any atom is 0.339 e. The van der Waals surface area contributed by atoms with Gasteiger partial charge in [0.2, 0.25) is 0 Å². The fourth-order valence-corrected chi connectivity index (χ4v) is 17.8. The van der Waals surface area contributed by atoms with E-state index in [0.717, 1.165) is 75.7 Å². The molecule has 8 heteroatoms. The van der Waals surface area contributed by atoms with Gasteiger partial charge in [0.25, 0.3) is 0 Å². The maximum atomic E-state index is 16.0. The summed E-state index contributed by atoms with van der Waals surface area (Å²) in [4.78, 5) is 52.2. The second kappa shape index (κ2) is 13.1. The van der Waals surface area contributed by atoms with Crippen molar-refractivity contribution in [3.8, 4) is 0 Å². The minimum absolute atomic E-state index is 0.0274. The third-order valence-electron chi connectivity index (χ3n) is 19.9. The van der Waals surface area contributed by atoms with E-state index >= 15 is 9.59 Å². The van der Waals surface area contributed by atoms with Crippen LogP contribution in [0.2, 0.25) is 0 Å². The third kappa shape index (κ3) is 4.68. The lowest BCUT2D eigenvalue weighted by Crippen LogP contribution is -2.80. The molecule has 9 heterocycles. The molecule has 60 heavy (non-hydrogen) atoms. The lowest BCUT2D eigenvalue weighted by Gasteiger charge is -2.74. The number of hydrogen-bond acceptors (Lipinski definition) is 8. The van der Waals surface area contributed by atoms with E-state index in [1.807, 2.05) is 0 Å². The van der Waals surface area contributed by atoms with Gasteiger partial charge in [0.1, 0.15) is 5.41 Å². The van der Waals surface area contributed by atoms with Gasteiger partial charge in [0.05, 0.1) is 11.0 Å². The monoisotopic (exact) mass is 816 g/mol. The van der Waals surface area contributed by atoms with Crippen molar-refractivity contribution in [3.05, 3.63) is 57.7 Å². The van der Waals surface area contributed by atoms with Crippen LogP contribution in [-0.4, -0.2) is 77.9 Å². The third-order valence-corrected chi connectivity index (χ3v) is 19.9. The molecule has 2 N–H and O–H groups in total. The number of nitrogens with two attached hydrogens (primary N) is 1. The molecule has 3 spiro atoms. The van der Waals surface area contributed by atoms with E-state index in [1.54, 1.807) is 0 Å². The predicted molar refractivity (Wildman–Crippen MR) is 230 cm³/mol. The average molecular weight is 816 g/mol. The van der Waals surface area contributed by atoms with E-state index < -0.39 is 22.5 Å². The number of carbonyl (C=O) groups excluding carboxylic acids is 3. The largest absolute Gasteiger partial charge is 0.453 e. The summed E-state index contributed by atoms with van der Waals surface area (Å²) >= 11 is 0. The van der Waals surface area contributed by atoms with Crippen LogP contribution >= 0.6 is 0 Å². The highest BCUT2D eigenvalue weighted by Gasteiger charge is 2.95. The van der Waals surface area contributed by atoms with Crippen molar-refractivity contribution in [2.24, 2.45) is 69.3 Å². The molecular weight excluding hydrogens is 747 g/mol. The number of carbonyl (C=O) groups is 3. The zero-order valence-electron chi connectivity index (χ0n) is 37.0. The molecule has 5 aliphatic carbocycles. The summed E-state index contributed by atoms with van der Waals surface area (Å²) in [5, 5.41) is 0. The van der Waals surface area contributed by atoms with Crippen LogP contribution < -0.4 is 5.73 Å². The van der Waals surface area contributed by atoms with E-state index in [9.17, 15) is 4.79 Å². The number of allylic oxidation sites excluding steroid dienone is 2. The van der Waals surface area contributed by atoms with Crippen LogP contribution in [-0.2, 0) is 31.1 Å². The van der Waals surface area contributed by atoms with Crippen LogP contribution in [0.3, 0.4) is 0 Å². The number of piperidine rings is 3. The Morgan fingerprint density at radius 2 is 1.85 bits per heavy atom. The molecule has 322 valence electrons. The van der Waals surface area contributed by atoms with Crippen molar-refractivity contribution in [2.75, 3.05) is 26.2 Å². The summed E-state index contributed by atoms with van der Waals surface area (Å²) in [5.41, 5.74) is 9.48. The Bertz CT molecular complexity index is 2130. The predicted octanol–water partition coefficient (Wildman–Crippen LogP) is 8.16.